The van der Waals surface area contributed by atoms with Gasteiger partial charge in [0.25, 0.3) is 6.17 Å². The van der Waals surface area contributed by atoms with Crippen molar-refractivity contribution in [3.63, 3.8) is 0 Å². The number of rotatable bonds is 12. The lowest BCUT2D eigenvalue weighted by Crippen LogP contribution is -2.36. The first-order valence-electron chi connectivity index (χ1n) is 10.6. The topological polar surface area (TPSA) is 77.2 Å². The summed E-state index contributed by atoms with van der Waals surface area (Å²) in [6, 6.07) is 15.0. The molecule has 186 valence electrons. The van der Waals surface area contributed by atoms with Gasteiger partial charge in [0.2, 0.25) is 5.91 Å². The molecule has 2 aromatic carbocycles. The van der Waals surface area contributed by atoms with Crippen LogP contribution in [0.5, 0.6) is 5.75 Å². The molecule has 3 rings (SSSR count). The molecule has 1 amide bonds. The van der Waals surface area contributed by atoms with Crippen molar-refractivity contribution in [3.05, 3.63) is 88.7 Å². The number of hydrogen-bond acceptors (Lipinski definition) is 4. The number of pyridine rings is 1. The van der Waals surface area contributed by atoms with Crippen LogP contribution in [-0.2, 0) is 11.2 Å². The van der Waals surface area contributed by atoms with Crippen molar-refractivity contribution in [2.75, 3.05) is 0 Å². The van der Waals surface area contributed by atoms with Gasteiger partial charge in [-0.05, 0) is 56.8 Å². The molecule has 3 atom stereocenters. The van der Waals surface area contributed by atoms with Crippen LogP contribution < -0.4 is 21.1 Å². The molecule has 0 saturated heterocycles. The van der Waals surface area contributed by atoms with Crippen molar-refractivity contribution < 1.29 is 27.1 Å². The number of nitrogens with zero attached hydrogens (tertiary/aromatic N) is 1. The van der Waals surface area contributed by atoms with E-state index in [1.165, 1.54) is 24.4 Å². The second-order valence-electron chi connectivity index (χ2n) is 7.55. The minimum atomic E-state index is -3.15. The van der Waals surface area contributed by atoms with Crippen LogP contribution in [0.15, 0.2) is 66.9 Å². The van der Waals surface area contributed by atoms with Crippen molar-refractivity contribution in [1.29, 1.82) is 0 Å². The van der Waals surface area contributed by atoms with E-state index < -0.39 is 39.3 Å². The van der Waals surface area contributed by atoms with Gasteiger partial charge in [0.1, 0.15) is 11.8 Å². The lowest BCUT2D eigenvalue weighted by Gasteiger charge is -2.26. The van der Waals surface area contributed by atoms with Gasteiger partial charge in [-0.1, -0.05) is 48.0 Å². The number of nitrogens with two attached hydrogens (primary N) is 1. The predicted octanol–water partition coefficient (Wildman–Crippen LogP) is 5.35. The van der Waals surface area contributed by atoms with Gasteiger partial charge in [-0.25, -0.2) is 8.78 Å². The van der Waals surface area contributed by atoms with E-state index in [0.717, 1.165) is 5.69 Å². The number of primary amides is 1. The van der Waals surface area contributed by atoms with E-state index in [4.69, 9.17) is 17.3 Å². The maximum Gasteiger partial charge on any atom is 0.387 e. The highest BCUT2D eigenvalue weighted by Crippen LogP contribution is 2.31. The number of carbonyl (C=O) groups excluding carboxylic acids is 1. The van der Waals surface area contributed by atoms with Crippen LogP contribution in [0.25, 0.3) is 0 Å². The number of halogens is 5. The molecule has 3 unspecified atom stereocenters. The Labute approximate surface area is 206 Å². The highest BCUT2D eigenvalue weighted by atomic mass is 35.5. The van der Waals surface area contributed by atoms with E-state index in [1.807, 2.05) is 0 Å². The zero-order valence-corrected chi connectivity index (χ0v) is 20.1. The van der Waals surface area contributed by atoms with Gasteiger partial charge < -0.3 is 10.5 Å². The first-order valence-corrected chi connectivity index (χ1v) is 12.0. The lowest BCUT2D eigenvalue weighted by atomic mass is 9.97. The van der Waals surface area contributed by atoms with Gasteiger partial charge in [-0.2, -0.15) is 8.78 Å². The molecule has 0 aliphatic carbocycles. The minimum absolute atomic E-state index is 0.0374. The molecule has 0 bridgehead atoms. The lowest BCUT2D eigenvalue weighted by molar-refractivity contribution is -0.120. The third kappa shape index (κ3) is 8.16. The number of ether oxygens (including phenoxy) is 1. The summed E-state index contributed by atoms with van der Waals surface area (Å²) in [4.78, 5) is 16.6. The fraction of sp³-hybridized carbons (Fsp3) is 0.250. The highest BCUT2D eigenvalue weighted by molar-refractivity contribution is 7.47. The van der Waals surface area contributed by atoms with E-state index in [0.29, 0.717) is 29.0 Å². The van der Waals surface area contributed by atoms with E-state index in [1.54, 1.807) is 42.5 Å². The van der Waals surface area contributed by atoms with E-state index >= 15 is 0 Å². The molecule has 3 N–H and O–H groups in total. The number of aryl methyl sites for hydroxylation is 1. The Morgan fingerprint density at radius 2 is 1.80 bits per heavy atom. The van der Waals surface area contributed by atoms with Gasteiger partial charge in [0, 0.05) is 23.2 Å². The van der Waals surface area contributed by atoms with Crippen LogP contribution in [0.2, 0.25) is 5.02 Å². The van der Waals surface area contributed by atoms with Crippen molar-refractivity contribution in [3.8, 4) is 5.75 Å². The average Bonchev–Trinajstić information content (AvgIpc) is 2.81. The fourth-order valence-electron chi connectivity index (χ4n) is 3.58. The molecule has 5 nitrogen and oxygen atoms in total. The summed E-state index contributed by atoms with van der Waals surface area (Å²) in [6.45, 7) is -3.15. The number of alkyl halides is 4. The number of nitrogens with one attached hydrogen (secondary N) is 1. The smallest absolute Gasteiger partial charge is 0.387 e. The second kappa shape index (κ2) is 12.8. The summed E-state index contributed by atoms with van der Waals surface area (Å²) in [5.41, 5.74) is 7.54. The Morgan fingerprint density at radius 1 is 1.06 bits per heavy atom. The van der Waals surface area contributed by atoms with Gasteiger partial charge >= 0.3 is 6.61 Å². The second-order valence-corrected chi connectivity index (χ2v) is 9.25. The molecule has 0 radical (unpaired) electrons. The number of benzene rings is 2. The molecule has 35 heavy (non-hydrogen) atoms. The minimum Gasteiger partial charge on any atom is -0.434 e. The van der Waals surface area contributed by atoms with Crippen LogP contribution in [0.4, 0.5) is 17.6 Å². The number of aromatic nitrogens is 1. The van der Waals surface area contributed by atoms with Gasteiger partial charge in [0.05, 0.1) is 5.02 Å². The molecule has 0 saturated carbocycles. The average molecular weight is 528 g/mol. The van der Waals surface area contributed by atoms with Crippen molar-refractivity contribution in [2.24, 2.45) is 5.73 Å². The molecule has 0 aliphatic heterocycles. The Hall–Kier alpha value is -2.74. The summed E-state index contributed by atoms with van der Waals surface area (Å²) >= 11 is 5.90. The Bertz CT molecular complexity index is 1110. The number of carbonyl (C=O) groups is 1. The van der Waals surface area contributed by atoms with Crippen LogP contribution in [0.1, 0.15) is 35.3 Å². The molecule has 3 aromatic rings. The van der Waals surface area contributed by atoms with E-state index in [2.05, 4.69) is 15.0 Å². The molecule has 0 fully saturated rings. The Kier molecular flexibility index (Phi) is 9.83. The highest BCUT2D eigenvalue weighted by Gasteiger charge is 2.24. The maximum absolute atomic E-state index is 13.2. The van der Waals surface area contributed by atoms with Gasteiger partial charge in [0.15, 0.2) is 0 Å². The van der Waals surface area contributed by atoms with E-state index in [-0.39, 0.29) is 11.1 Å². The first-order chi connectivity index (χ1) is 16.7. The SMILES string of the molecule is NC(=O)C(NC(CCc1ccc(Cl)cn1)c1ccc(OC(F)F)c(PC(F)F)c1)c1ccccc1. The molecular weight excluding hydrogens is 505 g/mol. The predicted molar refractivity (Wildman–Crippen MR) is 129 cm³/mol. The molecular formula is C24H23ClF4N3O2P. The largest absolute Gasteiger partial charge is 0.434 e. The van der Waals surface area contributed by atoms with Crippen molar-refractivity contribution in [1.82, 2.24) is 10.3 Å². The van der Waals surface area contributed by atoms with Gasteiger partial charge in [-0.15, -0.1) is 0 Å². The summed E-state index contributed by atoms with van der Waals surface area (Å²) in [7, 11) is -1.05. The molecule has 1 aromatic heterocycles. The first kappa shape index (κ1) is 26.9. The summed E-state index contributed by atoms with van der Waals surface area (Å²) < 4.78 is 56.4. The third-order valence-corrected chi connectivity index (χ3v) is 6.29. The molecule has 0 spiro atoms. The third-order valence-electron chi connectivity index (χ3n) is 5.15. The number of amides is 1. The summed E-state index contributed by atoms with van der Waals surface area (Å²) in [5.74, 6) is -0.937. The monoisotopic (exact) mass is 527 g/mol. The molecule has 1 heterocycles. The van der Waals surface area contributed by atoms with Crippen molar-refractivity contribution in [2.45, 2.75) is 37.7 Å². The fourth-order valence-corrected chi connectivity index (χ4v) is 4.46. The van der Waals surface area contributed by atoms with Crippen LogP contribution in [0.3, 0.4) is 0 Å². The molecule has 11 heteroatoms. The van der Waals surface area contributed by atoms with Crippen molar-refractivity contribution >= 4 is 31.4 Å². The zero-order chi connectivity index (χ0) is 25.4. The maximum atomic E-state index is 13.2. The van der Waals surface area contributed by atoms with Gasteiger partial charge in [-0.3, -0.25) is 15.1 Å². The summed E-state index contributed by atoms with van der Waals surface area (Å²) in [5, 5.41) is 3.65. The normalized spacial score (nSPS) is 13.5. The standard InChI is InChI=1S/C24H23ClF4N3O2P/c25-16-7-8-17(31-13-16)9-10-18(32-21(22(30)33)14-4-2-1-3-5-14)15-6-11-19(34-23(26)27)20(12-15)35-24(28)29/h1-8,11-13,18,21,23-24,32,35H,9-10H2,(H2,30,33). The molecule has 0 aliphatic rings. The van der Waals surface area contributed by atoms with Crippen LogP contribution >= 0.6 is 20.2 Å². The Morgan fingerprint density at radius 3 is 2.40 bits per heavy atom. The summed E-state index contributed by atoms with van der Waals surface area (Å²) in [6.07, 6.45) is -0.375. The Balaban J connectivity index is 1.95. The van der Waals surface area contributed by atoms with E-state index in [9.17, 15) is 22.4 Å². The van der Waals surface area contributed by atoms with Crippen LogP contribution in [0, 0.1) is 0 Å². The number of hydrogen-bond donors (Lipinski definition) is 2. The zero-order valence-electron chi connectivity index (χ0n) is 18.3. The quantitative estimate of drug-likeness (QED) is 0.246. The van der Waals surface area contributed by atoms with Crippen LogP contribution in [-0.4, -0.2) is 23.7 Å².